The van der Waals surface area contributed by atoms with E-state index in [1.165, 1.54) is 13.2 Å². The maximum Gasteiger partial charge on any atom is 0.339 e. The van der Waals surface area contributed by atoms with Gasteiger partial charge in [-0.05, 0) is 36.4 Å². The van der Waals surface area contributed by atoms with Crippen molar-refractivity contribution >= 4 is 34.4 Å². The fourth-order valence-electron chi connectivity index (χ4n) is 2.36. The van der Waals surface area contributed by atoms with E-state index in [-0.39, 0.29) is 17.3 Å². The van der Waals surface area contributed by atoms with Gasteiger partial charge in [-0.2, -0.15) is 0 Å². The van der Waals surface area contributed by atoms with Gasteiger partial charge in [0.25, 0.3) is 0 Å². The number of aromatic carboxylic acids is 1. The Hall–Kier alpha value is -2.86. The van der Waals surface area contributed by atoms with Gasteiger partial charge in [-0.3, -0.25) is 0 Å². The molecule has 0 radical (unpaired) electrons. The van der Waals surface area contributed by atoms with Crippen LogP contribution < -0.4 is 10.5 Å². The van der Waals surface area contributed by atoms with E-state index in [9.17, 15) is 9.90 Å². The van der Waals surface area contributed by atoms with Gasteiger partial charge in [-0.25, -0.2) is 14.8 Å². The third-order valence-corrected chi connectivity index (χ3v) is 3.61. The first-order chi connectivity index (χ1) is 12.0. The molecule has 0 unspecified atom stereocenters. The molecule has 0 saturated carbocycles. The third kappa shape index (κ3) is 3.80. The first kappa shape index (κ1) is 18.5. The lowest BCUT2D eigenvalue weighted by Crippen LogP contribution is -2.02. The molecule has 0 atom stereocenters. The Labute approximate surface area is 150 Å². The zero-order valence-corrected chi connectivity index (χ0v) is 14.8. The highest BCUT2D eigenvalue weighted by Gasteiger charge is 2.15. The van der Waals surface area contributed by atoms with Gasteiger partial charge in [0.2, 0.25) is 5.95 Å². The fraction of sp³-hybridized carbons (Fsp3) is 0.167. The van der Waals surface area contributed by atoms with E-state index in [2.05, 4.69) is 9.97 Å². The Kier molecular flexibility index (Phi) is 5.77. The minimum atomic E-state index is -1.09. The van der Waals surface area contributed by atoms with Crippen LogP contribution in [-0.4, -0.2) is 28.2 Å². The van der Waals surface area contributed by atoms with Crippen molar-refractivity contribution in [3.8, 4) is 17.0 Å². The van der Waals surface area contributed by atoms with Crippen LogP contribution in [0.4, 0.5) is 5.95 Å². The van der Waals surface area contributed by atoms with Crippen molar-refractivity contribution in [1.82, 2.24) is 9.97 Å². The number of rotatable bonds is 3. The van der Waals surface area contributed by atoms with Crippen molar-refractivity contribution in [3.05, 3.63) is 47.0 Å². The van der Waals surface area contributed by atoms with E-state index < -0.39 is 5.97 Å². The molecule has 0 aliphatic heterocycles. The first-order valence-electron chi connectivity index (χ1n) is 7.64. The van der Waals surface area contributed by atoms with E-state index >= 15 is 0 Å². The molecule has 0 fully saturated rings. The van der Waals surface area contributed by atoms with Crippen LogP contribution in [0.5, 0.6) is 5.75 Å². The van der Waals surface area contributed by atoms with Crippen molar-refractivity contribution in [2.24, 2.45) is 0 Å². The molecule has 1 aromatic heterocycles. The molecular weight excluding hydrogens is 342 g/mol. The Morgan fingerprint density at radius 2 is 1.88 bits per heavy atom. The first-order valence-corrected chi connectivity index (χ1v) is 8.02. The number of carboxylic acids is 1. The van der Waals surface area contributed by atoms with Gasteiger partial charge in [0.15, 0.2) is 0 Å². The Morgan fingerprint density at radius 3 is 2.52 bits per heavy atom. The van der Waals surface area contributed by atoms with Crippen LogP contribution in [0, 0.1) is 0 Å². The summed E-state index contributed by atoms with van der Waals surface area (Å²) in [5.74, 6) is -0.721. The van der Waals surface area contributed by atoms with Crippen LogP contribution in [-0.2, 0) is 0 Å². The SMILES string of the molecule is CC.COc1ccc(-c2nc(N)nc3ccc(Cl)cc23)cc1C(=O)O. The van der Waals surface area contributed by atoms with E-state index in [4.69, 9.17) is 22.1 Å². The molecule has 0 spiro atoms. The smallest absolute Gasteiger partial charge is 0.339 e. The summed E-state index contributed by atoms with van der Waals surface area (Å²) in [6, 6.07) is 9.94. The lowest BCUT2D eigenvalue weighted by atomic mass is 10.0. The zero-order chi connectivity index (χ0) is 18.6. The van der Waals surface area contributed by atoms with E-state index in [1.807, 2.05) is 13.8 Å². The van der Waals surface area contributed by atoms with Gasteiger partial charge in [0.05, 0.1) is 18.3 Å². The van der Waals surface area contributed by atoms with Crippen LogP contribution in [0.15, 0.2) is 36.4 Å². The average Bonchev–Trinajstić information content (AvgIpc) is 2.62. The quantitative estimate of drug-likeness (QED) is 0.724. The number of halogens is 1. The number of benzene rings is 2. The van der Waals surface area contributed by atoms with Crippen molar-refractivity contribution in [3.63, 3.8) is 0 Å². The number of nitrogens with zero attached hydrogens (tertiary/aromatic N) is 2. The summed E-state index contributed by atoms with van der Waals surface area (Å²) in [7, 11) is 1.42. The standard InChI is InChI=1S/C16H12ClN3O3.C2H6/c1-23-13-5-2-8(6-11(13)15(21)22)14-10-7-9(17)3-4-12(10)19-16(18)20-14;1-2/h2-7H,1H3,(H,21,22)(H2,18,19,20);1-2H3. The highest BCUT2D eigenvalue weighted by Crippen LogP contribution is 2.31. The molecule has 0 amide bonds. The largest absolute Gasteiger partial charge is 0.496 e. The molecule has 2 aromatic carbocycles. The lowest BCUT2D eigenvalue weighted by molar-refractivity contribution is 0.0693. The van der Waals surface area contributed by atoms with Crippen LogP contribution in [0.1, 0.15) is 24.2 Å². The molecule has 130 valence electrons. The summed E-state index contributed by atoms with van der Waals surface area (Å²) in [5.41, 5.74) is 7.53. The summed E-state index contributed by atoms with van der Waals surface area (Å²) in [6.07, 6.45) is 0. The van der Waals surface area contributed by atoms with Crippen LogP contribution >= 0.6 is 11.6 Å². The number of hydrogen-bond acceptors (Lipinski definition) is 5. The second-order valence-electron chi connectivity index (χ2n) is 4.81. The minimum absolute atomic E-state index is 0.0392. The van der Waals surface area contributed by atoms with E-state index in [1.54, 1.807) is 30.3 Å². The number of methoxy groups -OCH3 is 1. The van der Waals surface area contributed by atoms with E-state index in [0.29, 0.717) is 27.2 Å². The molecule has 0 saturated heterocycles. The summed E-state index contributed by atoms with van der Waals surface area (Å²) in [6.45, 7) is 4.00. The van der Waals surface area contributed by atoms with Gasteiger partial charge in [0, 0.05) is 16.0 Å². The number of nitrogen functional groups attached to an aromatic ring is 1. The highest BCUT2D eigenvalue weighted by atomic mass is 35.5. The van der Waals surface area contributed by atoms with Crippen molar-refractivity contribution < 1.29 is 14.6 Å². The summed E-state index contributed by atoms with van der Waals surface area (Å²) >= 11 is 6.05. The molecule has 6 nitrogen and oxygen atoms in total. The maximum absolute atomic E-state index is 11.4. The number of carboxylic acid groups (broad SMARTS) is 1. The molecule has 0 aliphatic carbocycles. The van der Waals surface area contributed by atoms with Crippen molar-refractivity contribution in [1.29, 1.82) is 0 Å². The number of carbonyl (C=O) groups is 1. The van der Waals surface area contributed by atoms with Crippen LogP contribution in [0.2, 0.25) is 5.02 Å². The zero-order valence-electron chi connectivity index (χ0n) is 14.1. The van der Waals surface area contributed by atoms with Gasteiger partial charge < -0.3 is 15.6 Å². The number of nitrogens with two attached hydrogens (primary N) is 1. The van der Waals surface area contributed by atoms with Gasteiger partial charge in [0.1, 0.15) is 11.3 Å². The number of ether oxygens (including phenoxy) is 1. The molecule has 7 heteroatoms. The molecular formula is C18H18ClN3O3. The summed E-state index contributed by atoms with van der Waals surface area (Å²) < 4.78 is 5.07. The van der Waals surface area contributed by atoms with Crippen molar-refractivity contribution in [2.75, 3.05) is 12.8 Å². The van der Waals surface area contributed by atoms with Crippen molar-refractivity contribution in [2.45, 2.75) is 13.8 Å². The average molecular weight is 360 g/mol. The molecule has 25 heavy (non-hydrogen) atoms. The third-order valence-electron chi connectivity index (χ3n) is 3.38. The molecule has 0 bridgehead atoms. The van der Waals surface area contributed by atoms with Crippen LogP contribution in [0.25, 0.3) is 22.2 Å². The minimum Gasteiger partial charge on any atom is -0.496 e. The monoisotopic (exact) mass is 359 g/mol. The summed E-state index contributed by atoms with van der Waals surface area (Å²) in [5, 5.41) is 10.5. The van der Waals surface area contributed by atoms with Gasteiger partial charge in [-0.15, -0.1) is 0 Å². The Morgan fingerprint density at radius 1 is 1.16 bits per heavy atom. The topological polar surface area (TPSA) is 98.3 Å². The molecule has 3 aromatic rings. The second kappa shape index (κ2) is 7.81. The van der Waals surface area contributed by atoms with Crippen LogP contribution in [0.3, 0.4) is 0 Å². The number of fused-ring (bicyclic) bond motifs is 1. The maximum atomic E-state index is 11.4. The predicted octanol–water partition coefficient (Wildman–Crippen LogP) is 4.27. The summed E-state index contributed by atoms with van der Waals surface area (Å²) in [4.78, 5) is 19.8. The number of anilines is 1. The highest BCUT2D eigenvalue weighted by molar-refractivity contribution is 6.31. The Bertz CT molecular complexity index is 929. The molecule has 3 rings (SSSR count). The second-order valence-corrected chi connectivity index (χ2v) is 5.25. The fourth-order valence-corrected chi connectivity index (χ4v) is 2.53. The number of hydrogen-bond donors (Lipinski definition) is 2. The van der Waals surface area contributed by atoms with Gasteiger partial charge >= 0.3 is 5.97 Å². The molecule has 1 heterocycles. The number of aromatic nitrogens is 2. The normalized spacial score (nSPS) is 10.1. The lowest BCUT2D eigenvalue weighted by Gasteiger charge is -2.10. The van der Waals surface area contributed by atoms with Gasteiger partial charge in [-0.1, -0.05) is 25.4 Å². The molecule has 3 N–H and O–H groups in total. The van der Waals surface area contributed by atoms with E-state index in [0.717, 1.165) is 0 Å². The molecule has 0 aliphatic rings. The predicted molar refractivity (Wildman–Crippen MR) is 99.3 cm³/mol. The Balaban J connectivity index is 0.00000109.